The Balaban J connectivity index is 1.31. The van der Waals surface area contributed by atoms with Crippen molar-refractivity contribution in [2.24, 2.45) is 5.92 Å². The first-order valence-electron chi connectivity index (χ1n) is 8.92. The molecule has 3 heterocycles. The van der Waals surface area contributed by atoms with Gasteiger partial charge in [-0.25, -0.2) is 0 Å². The van der Waals surface area contributed by atoms with Crippen LogP contribution in [0.1, 0.15) is 18.4 Å². The standard InChI is InChI=1S/C19H21N5O2/c25-18-6-5-15(12-20-18)11-14-7-9-23(10-8-14)19(26)13-24-21-16-3-1-2-4-17(16)22-24/h1-6,12,14H,7-11,13H2,(H,20,25). The molecule has 3 aromatic rings. The summed E-state index contributed by atoms with van der Waals surface area (Å²) in [5, 5.41) is 8.71. The SMILES string of the molecule is O=C(Cn1nc2ccccc2n1)N1CCC(Cc2ccc(=O)[nH]c2)CC1. The first kappa shape index (κ1) is 16.5. The second-order valence-corrected chi connectivity index (χ2v) is 6.81. The molecule has 26 heavy (non-hydrogen) atoms. The van der Waals surface area contributed by atoms with Crippen molar-refractivity contribution in [1.82, 2.24) is 24.9 Å². The lowest BCUT2D eigenvalue weighted by Gasteiger charge is -2.32. The second kappa shape index (κ2) is 7.11. The molecule has 0 bridgehead atoms. The lowest BCUT2D eigenvalue weighted by atomic mass is 9.91. The first-order chi connectivity index (χ1) is 12.7. The van der Waals surface area contributed by atoms with Crippen LogP contribution in [0.5, 0.6) is 0 Å². The summed E-state index contributed by atoms with van der Waals surface area (Å²) >= 11 is 0. The molecule has 0 unspecified atom stereocenters. The van der Waals surface area contributed by atoms with E-state index in [4.69, 9.17) is 0 Å². The van der Waals surface area contributed by atoms with Gasteiger partial charge in [0.15, 0.2) is 0 Å². The minimum atomic E-state index is -0.0749. The Hall–Kier alpha value is -2.96. The van der Waals surface area contributed by atoms with Gasteiger partial charge in [-0.1, -0.05) is 18.2 Å². The number of rotatable bonds is 4. The van der Waals surface area contributed by atoms with Gasteiger partial charge >= 0.3 is 0 Å². The van der Waals surface area contributed by atoms with Gasteiger partial charge in [0, 0.05) is 25.4 Å². The minimum absolute atomic E-state index is 0.0628. The van der Waals surface area contributed by atoms with Gasteiger partial charge in [0.05, 0.1) is 0 Å². The molecule has 134 valence electrons. The molecule has 1 aliphatic heterocycles. The molecule has 1 aromatic carbocycles. The van der Waals surface area contributed by atoms with Gasteiger partial charge < -0.3 is 9.88 Å². The Bertz CT molecular complexity index is 916. The van der Waals surface area contributed by atoms with E-state index in [2.05, 4.69) is 15.2 Å². The molecule has 1 amide bonds. The number of nitrogens with zero attached hydrogens (tertiary/aromatic N) is 4. The topological polar surface area (TPSA) is 83.9 Å². The van der Waals surface area contributed by atoms with Crippen molar-refractivity contribution < 1.29 is 4.79 Å². The molecule has 0 atom stereocenters. The van der Waals surface area contributed by atoms with E-state index in [1.165, 1.54) is 4.80 Å². The van der Waals surface area contributed by atoms with Crippen molar-refractivity contribution in [3.63, 3.8) is 0 Å². The van der Waals surface area contributed by atoms with Crippen LogP contribution in [0.15, 0.2) is 47.4 Å². The Morgan fingerprint density at radius 1 is 1.08 bits per heavy atom. The molecule has 7 heteroatoms. The molecule has 2 aromatic heterocycles. The van der Waals surface area contributed by atoms with Crippen LogP contribution in [-0.2, 0) is 17.8 Å². The van der Waals surface area contributed by atoms with Crippen molar-refractivity contribution in [1.29, 1.82) is 0 Å². The zero-order valence-corrected chi connectivity index (χ0v) is 14.5. The highest BCUT2D eigenvalue weighted by atomic mass is 16.2. The van der Waals surface area contributed by atoms with E-state index < -0.39 is 0 Å². The highest BCUT2D eigenvalue weighted by Gasteiger charge is 2.23. The third-order valence-electron chi connectivity index (χ3n) is 4.94. The number of aromatic amines is 1. The van der Waals surface area contributed by atoms with Crippen molar-refractivity contribution in [2.75, 3.05) is 13.1 Å². The van der Waals surface area contributed by atoms with Crippen LogP contribution in [0, 0.1) is 5.92 Å². The summed E-state index contributed by atoms with van der Waals surface area (Å²) in [7, 11) is 0. The number of nitrogens with one attached hydrogen (secondary N) is 1. The number of fused-ring (bicyclic) bond motifs is 1. The number of piperidine rings is 1. The number of likely N-dealkylation sites (tertiary alicyclic amines) is 1. The Morgan fingerprint density at radius 3 is 2.38 bits per heavy atom. The number of carbonyl (C=O) groups excluding carboxylic acids is 1. The zero-order chi connectivity index (χ0) is 17.9. The third kappa shape index (κ3) is 3.66. The van der Waals surface area contributed by atoms with E-state index in [1.54, 1.807) is 12.3 Å². The van der Waals surface area contributed by atoms with Gasteiger partial charge in [-0.3, -0.25) is 9.59 Å². The van der Waals surface area contributed by atoms with Crippen molar-refractivity contribution in [2.45, 2.75) is 25.8 Å². The number of aromatic nitrogens is 4. The largest absolute Gasteiger partial charge is 0.341 e. The molecule has 1 N–H and O–H groups in total. The Labute approximate surface area is 150 Å². The molecular weight excluding hydrogens is 330 g/mol. The van der Waals surface area contributed by atoms with Crippen LogP contribution in [-0.4, -0.2) is 43.9 Å². The van der Waals surface area contributed by atoms with E-state index >= 15 is 0 Å². The van der Waals surface area contributed by atoms with Gasteiger partial charge in [0.25, 0.3) is 0 Å². The van der Waals surface area contributed by atoms with E-state index in [9.17, 15) is 9.59 Å². The average molecular weight is 351 g/mol. The summed E-state index contributed by atoms with van der Waals surface area (Å²) in [5.41, 5.74) is 2.68. The summed E-state index contributed by atoms with van der Waals surface area (Å²) in [4.78, 5) is 29.8. The number of carbonyl (C=O) groups is 1. The van der Waals surface area contributed by atoms with E-state index in [0.717, 1.165) is 48.9 Å². The molecule has 1 fully saturated rings. The fourth-order valence-electron chi connectivity index (χ4n) is 3.49. The summed E-state index contributed by atoms with van der Waals surface area (Å²) in [6.07, 6.45) is 4.66. The number of hydrogen-bond donors (Lipinski definition) is 1. The summed E-state index contributed by atoms with van der Waals surface area (Å²) in [6, 6.07) is 11.1. The third-order valence-corrected chi connectivity index (χ3v) is 4.94. The smallest absolute Gasteiger partial charge is 0.247 e. The number of amides is 1. The summed E-state index contributed by atoms with van der Waals surface area (Å²) in [6.45, 7) is 1.69. The highest BCUT2D eigenvalue weighted by Crippen LogP contribution is 2.21. The number of benzene rings is 1. The monoisotopic (exact) mass is 351 g/mol. The van der Waals surface area contributed by atoms with Gasteiger partial charge in [-0.05, 0) is 42.9 Å². The Kier molecular flexibility index (Phi) is 4.51. The van der Waals surface area contributed by atoms with E-state index in [1.807, 2.05) is 35.2 Å². The maximum Gasteiger partial charge on any atom is 0.247 e. The van der Waals surface area contributed by atoms with Crippen LogP contribution in [0.3, 0.4) is 0 Å². The average Bonchev–Trinajstić information content (AvgIpc) is 3.06. The van der Waals surface area contributed by atoms with Crippen LogP contribution >= 0.6 is 0 Å². The van der Waals surface area contributed by atoms with Crippen LogP contribution < -0.4 is 5.56 Å². The lowest BCUT2D eigenvalue weighted by Crippen LogP contribution is -2.40. The molecule has 4 rings (SSSR count). The maximum atomic E-state index is 12.5. The molecule has 0 aliphatic carbocycles. The maximum absolute atomic E-state index is 12.5. The molecule has 0 radical (unpaired) electrons. The van der Waals surface area contributed by atoms with Crippen LogP contribution in [0.2, 0.25) is 0 Å². The fourth-order valence-corrected chi connectivity index (χ4v) is 3.49. The van der Waals surface area contributed by atoms with Gasteiger partial charge in [0.2, 0.25) is 11.5 Å². The van der Waals surface area contributed by atoms with Crippen molar-refractivity contribution in [3.8, 4) is 0 Å². The van der Waals surface area contributed by atoms with Gasteiger partial charge in [0.1, 0.15) is 17.6 Å². The van der Waals surface area contributed by atoms with Crippen molar-refractivity contribution in [3.05, 3.63) is 58.5 Å². The molecule has 1 aliphatic rings. The molecule has 0 saturated carbocycles. The van der Waals surface area contributed by atoms with E-state index in [-0.39, 0.29) is 18.0 Å². The van der Waals surface area contributed by atoms with Crippen LogP contribution in [0.4, 0.5) is 0 Å². The highest BCUT2D eigenvalue weighted by molar-refractivity contribution is 5.77. The summed E-state index contributed by atoms with van der Waals surface area (Å²) in [5.74, 6) is 0.600. The zero-order valence-electron chi connectivity index (χ0n) is 14.5. The predicted molar refractivity (Wildman–Crippen MR) is 97.6 cm³/mol. The second-order valence-electron chi connectivity index (χ2n) is 6.81. The van der Waals surface area contributed by atoms with Crippen molar-refractivity contribution >= 4 is 16.9 Å². The fraction of sp³-hybridized carbons (Fsp3) is 0.368. The van der Waals surface area contributed by atoms with E-state index in [0.29, 0.717) is 5.92 Å². The Morgan fingerprint density at radius 2 is 1.77 bits per heavy atom. The van der Waals surface area contributed by atoms with Gasteiger partial charge in [-0.15, -0.1) is 0 Å². The number of H-pyrrole nitrogens is 1. The first-order valence-corrected chi connectivity index (χ1v) is 8.92. The molecule has 7 nitrogen and oxygen atoms in total. The normalized spacial score (nSPS) is 15.5. The predicted octanol–water partition coefficient (Wildman–Crippen LogP) is 1.60. The quantitative estimate of drug-likeness (QED) is 0.774. The molecule has 0 spiro atoms. The minimum Gasteiger partial charge on any atom is -0.341 e. The summed E-state index contributed by atoms with van der Waals surface area (Å²) < 4.78 is 0. The van der Waals surface area contributed by atoms with Gasteiger partial charge in [-0.2, -0.15) is 15.0 Å². The lowest BCUT2D eigenvalue weighted by molar-refractivity contribution is -0.133. The molecular formula is C19H21N5O2. The van der Waals surface area contributed by atoms with Crippen LogP contribution in [0.25, 0.3) is 11.0 Å². The number of hydrogen-bond acceptors (Lipinski definition) is 4. The number of pyridine rings is 1. The molecule has 1 saturated heterocycles.